The van der Waals surface area contributed by atoms with E-state index in [-0.39, 0.29) is 0 Å². The van der Waals surface area contributed by atoms with Gasteiger partial charge in [-0.05, 0) is 36.0 Å². The van der Waals surface area contributed by atoms with Crippen molar-refractivity contribution in [1.82, 2.24) is 10.2 Å². The summed E-state index contributed by atoms with van der Waals surface area (Å²) >= 11 is 0. The van der Waals surface area contributed by atoms with E-state index in [1.54, 1.807) is 12.1 Å². The normalized spacial score (nSPS) is 22.5. The molecule has 2 unspecified atom stereocenters. The summed E-state index contributed by atoms with van der Waals surface area (Å²) in [6.45, 7) is 7.36. The summed E-state index contributed by atoms with van der Waals surface area (Å²) in [5.74, 6) is 1.93. The lowest BCUT2D eigenvalue weighted by atomic mass is 9.92. The molecule has 0 radical (unpaired) electrons. The van der Waals surface area contributed by atoms with Crippen LogP contribution in [0.2, 0.25) is 0 Å². The Hall–Kier alpha value is -2.04. The van der Waals surface area contributed by atoms with Crippen LogP contribution in [0.15, 0.2) is 29.3 Å². The van der Waals surface area contributed by atoms with E-state index in [0.29, 0.717) is 23.9 Å². The van der Waals surface area contributed by atoms with Gasteiger partial charge in [-0.15, -0.1) is 0 Å². The van der Waals surface area contributed by atoms with E-state index in [1.165, 1.54) is 6.42 Å². The summed E-state index contributed by atoms with van der Waals surface area (Å²) in [6.07, 6.45) is 1.28. The number of hydrogen-bond donors (Lipinski definition) is 2. The highest BCUT2D eigenvalue weighted by molar-refractivity contribution is 5.92. The van der Waals surface area contributed by atoms with E-state index >= 15 is 0 Å². The van der Waals surface area contributed by atoms with Gasteiger partial charge in [0.15, 0.2) is 5.96 Å². The van der Waals surface area contributed by atoms with E-state index in [9.17, 15) is 4.79 Å². The minimum absolute atomic E-state index is 0.397. The average molecular weight is 302 g/mol. The Kier molecular flexibility index (Phi) is 5.41. The summed E-state index contributed by atoms with van der Waals surface area (Å²) in [5.41, 5.74) is 6.89. The summed E-state index contributed by atoms with van der Waals surface area (Å²) in [7, 11) is 1.82. The Bertz CT molecular complexity index is 528. The highest BCUT2D eigenvalue weighted by Crippen LogP contribution is 2.20. The van der Waals surface area contributed by atoms with Gasteiger partial charge in [-0.2, -0.15) is 0 Å². The minimum atomic E-state index is -0.397. The van der Waals surface area contributed by atoms with Crippen molar-refractivity contribution in [3.63, 3.8) is 0 Å². The fraction of sp³-hybridized carbons (Fsp3) is 0.529. The van der Waals surface area contributed by atoms with Crippen LogP contribution < -0.4 is 11.1 Å². The molecular weight excluding hydrogens is 276 g/mol. The highest BCUT2D eigenvalue weighted by atomic mass is 16.1. The molecule has 0 aromatic heterocycles. The van der Waals surface area contributed by atoms with Crippen LogP contribution >= 0.6 is 0 Å². The summed E-state index contributed by atoms with van der Waals surface area (Å²) in [5, 5.41) is 3.40. The van der Waals surface area contributed by atoms with Gasteiger partial charge >= 0.3 is 0 Å². The molecule has 2 rings (SSSR count). The van der Waals surface area contributed by atoms with Crippen molar-refractivity contribution in [2.75, 3.05) is 20.1 Å². The molecule has 5 heteroatoms. The first-order valence-corrected chi connectivity index (χ1v) is 7.84. The van der Waals surface area contributed by atoms with Crippen LogP contribution in [0.1, 0.15) is 36.2 Å². The number of carbonyl (C=O) groups excluding carboxylic acids is 1. The molecule has 1 aromatic rings. The number of hydrogen-bond acceptors (Lipinski definition) is 2. The van der Waals surface area contributed by atoms with E-state index in [1.807, 2.05) is 19.2 Å². The Balaban J connectivity index is 1.95. The molecule has 0 saturated carbocycles. The van der Waals surface area contributed by atoms with Crippen LogP contribution in [0.4, 0.5) is 0 Å². The van der Waals surface area contributed by atoms with Crippen LogP contribution in [0, 0.1) is 11.8 Å². The van der Waals surface area contributed by atoms with E-state index in [4.69, 9.17) is 5.73 Å². The third-order valence-electron chi connectivity index (χ3n) is 4.07. The molecule has 1 heterocycles. The lowest BCUT2D eigenvalue weighted by Gasteiger charge is -2.37. The van der Waals surface area contributed by atoms with E-state index in [2.05, 4.69) is 29.1 Å². The van der Waals surface area contributed by atoms with Gasteiger partial charge in [-0.25, -0.2) is 0 Å². The summed E-state index contributed by atoms with van der Waals surface area (Å²) < 4.78 is 0. The van der Waals surface area contributed by atoms with Crippen molar-refractivity contribution in [2.24, 2.45) is 22.6 Å². The summed E-state index contributed by atoms with van der Waals surface area (Å²) in [6, 6.07) is 7.35. The number of aliphatic imine (C=N–C) groups is 1. The van der Waals surface area contributed by atoms with Gasteiger partial charge in [0.25, 0.3) is 0 Å². The second-order valence-electron chi connectivity index (χ2n) is 6.31. The Morgan fingerprint density at radius 3 is 2.36 bits per heavy atom. The predicted octanol–water partition coefficient (Wildman–Crippen LogP) is 1.84. The van der Waals surface area contributed by atoms with E-state index < -0.39 is 5.91 Å². The molecule has 1 saturated heterocycles. The number of piperidine rings is 1. The SMILES string of the molecule is CN=C(NCc1ccc(C(N)=O)cc1)N1CC(C)CC(C)C1. The van der Waals surface area contributed by atoms with Gasteiger partial charge in [-0.1, -0.05) is 26.0 Å². The van der Waals surface area contributed by atoms with Crippen molar-refractivity contribution in [1.29, 1.82) is 0 Å². The van der Waals surface area contributed by atoms with Crippen LogP contribution in [-0.2, 0) is 6.54 Å². The van der Waals surface area contributed by atoms with Gasteiger partial charge in [-0.3, -0.25) is 9.79 Å². The molecule has 2 atom stereocenters. The van der Waals surface area contributed by atoms with Gasteiger partial charge in [0.1, 0.15) is 0 Å². The molecule has 0 aliphatic carbocycles. The number of likely N-dealkylation sites (tertiary alicyclic amines) is 1. The first-order chi connectivity index (χ1) is 10.5. The lowest BCUT2D eigenvalue weighted by molar-refractivity contribution is 0.100. The lowest BCUT2D eigenvalue weighted by Crippen LogP contribution is -2.48. The van der Waals surface area contributed by atoms with Crippen molar-refractivity contribution in [2.45, 2.75) is 26.8 Å². The van der Waals surface area contributed by atoms with Crippen LogP contribution in [0.3, 0.4) is 0 Å². The summed E-state index contributed by atoms with van der Waals surface area (Å²) in [4.78, 5) is 17.8. The Labute approximate surface area is 132 Å². The van der Waals surface area contributed by atoms with Gasteiger partial charge in [0.2, 0.25) is 5.91 Å². The predicted molar refractivity (Wildman–Crippen MR) is 89.7 cm³/mol. The zero-order valence-corrected chi connectivity index (χ0v) is 13.7. The first kappa shape index (κ1) is 16.3. The molecular formula is C17H26N4O. The molecule has 120 valence electrons. The average Bonchev–Trinajstić information content (AvgIpc) is 2.47. The molecule has 1 aliphatic heterocycles. The zero-order valence-electron chi connectivity index (χ0n) is 13.7. The minimum Gasteiger partial charge on any atom is -0.366 e. The molecule has 1 aliphatic rings. The van der Waals surface area contributed by atoms with Crippen molar-refractivity contribution < 1.29 is 4.79 Å². The zero-order chi connectivity index (χ0) is 16.1. The number of amides is 1. The monoisotopic (exact) mass is 302 g/mol. The Morgan fingerprint density at radius 1 is 1.27 bits per heavy atom. The largest absolute Gasteiger partial charge is 0.366 e. The van der Waals surface area contributed by atoms with Gasteiger partial charge in [0.05, 0.1) is 0 Å². The van der Waals surface area contributed by atoms with Crippen molar-refractivity contribution >= 4 is 11.9 Å². The van der Waals surface area contributed by atoms with E-state index in [0.717, 1.165) is 24.6 Å². The maximum absolute atomic E-state index is 11.1. The molecule has 3 N–H and O–H groups in total. The standard InChI is InChI=1S/C17H26N4O/c1-12-8-13(2)11-21(10-12)17(19-3)20-9-14-4-6-15(7-5-14)16(18)22/h4-7,12-13H,8-11H2,1-3H3,(H2,18,22)(H,19,20). The fourth-order valence-electron chi connectivity index (χ4n) is 3.14. The number of carbonyl (C=O) groups is 1. The molecule has 0 spiro atoms. The second kappa shape index (κ2) is 7.29. The van der Waals surface area contributed by atoms with Gasteiger partial charge < -0.3 is 16.0 Å². The molecule has 1 aromatic carbocycles. The maximum Gasteiger partial charge on any atom is 0.248 e. The number of nitrogens with zero attached hydrogens (tertiary/aromatic N) is 2. The van der Waals surface area contributed by atoms with Crippen LogP contribution in [0.25, 0.3) is 0 Å². The number of nitrogens with two attached hydrogens (primary N) is 1. The number of benzene rings is 1. The second-order valence-corrected chi connectivity index (χ2v) is 6.31. The maximum atomic E-state index is 11.1. The van der Waals surface area contributed by atoms with Crippen molar-refractivity contribution in [3.05, 3.63) is 35.4 Å². The fourth-order valence-corrected chi connectivity index (χ4v) is 3.14. The highest BCUT2D eigenvalue weighted by Gasteiger charge is 2.23. The smallest absolute Gasteiger partial charge is 0.248 e. The third-order valence-corrected chi connectivity index (χ3v) is 4.07. The molecule has 0 bridgehead atoms. The molecule has 1 amide bonds. The van der Waals surface area contributed by atoms with Crippen LogP contribution in [0.5, 0.6) is 0 Å². The molecule has 1 fully saturated rings. The molecule has 5 nitrogen and oxygen atoms in total. The number of primary amides is 1. The number of nitrogens with one attached hydrogen (secondary N) is 1. The first-order valence-electron chi connectivity index (χ1n) is 7.84. The number of guanidine groups is 1. The topological polar surface area (TPSA) is 70.7 Å². The molecule has 22 heavy (non-hydrogen) atoms. The van der Waals surface area contributed by atoms with Gasteiger partial charge in [0, 0.05) is 32.2 Å². The third kappa shape index (κ3) is 4.23. The quantitative estimate of drug-likeness (QED) is 0.661. The van der Waals surface area contributed by atoms with Crippen molar-refractivity contribution in [3.8, 4) is 0 Å². The number of rotatable bonds is 3. The Morgan fingerprint density at radius 2 is 1.86 bits per heavy atom. The van der Waals surface area contributed by atoms with Crippen LogP contribution in [-0.4, -0.2) is 36.9 Å².